The van der Waals surface area contributed by atoms with Gasteiger partial charge in [0.1, 0.15) is 5.75 Å². The molecule has 4 nitrogen and oxygen atoms in total. The Morgan fingerprint density at radius 2 is 1.36 bits per heavy atom. The zero-order valence-electron chi connectivity index (χ0n) is 12.3. The Bertz CT molecular complexity index is 676. The second-order valence-electron chi connectivity index (χ2n) is 4.42. The van der Waals surface area contributed by atoms with Crippen molar-refractivity contribution in [3.8, 4) is 5.75 Å². The first-order valence-electron chi connectivity index (χ1n) is 6.33. The molecule has 0 saturated heterocycles. The Labute approximate surface area is 137 Å². The van der Waals surface area contributed by atoms with Crippen molar-refractivity contribution in [1.29, 1.82) is 0 Å². The number of benzene rings is 1. The number of alkyl halides is 6. The lowest BCUT2D eigenvalue weighted by Crippen LogP contribution is -2.57. The van der Waals surface area contributed by atoms with Gasteiger partial charge in [0.05, 0.1) is 5.56 Å². The van der Waals surface area contributed by atoms with Crippen LogP contribution in [0.25, 0.3) is 0 Å². The van der Waals surface area contributed by atoms with Gasteiger partial charge in [-0.05, 0) is 6.07 Å². The fourth-order valence-electron chi connectivity index (χ4n) is 1.83. The molecule has 0 saturated carbocycles. The van der Waals surface area contributed by atoms with Crippen molar-refractivity contribution in [2.45, 2.75) is 18.0 Å². The van der Waals surface area contributed by atoms with E-state index in [1.54, 1.807) is 0 Å². The molecule has 0 heterocycles. The van der Waals surface area contributed by atoms with Gasteiger partial charge in [-0.3, -0.25) is 0 Å². The summed E-state index contributed by atoms with van der Waals surface area (Å²) in [4.78, 5) is 22.4. The van der Waals surface area contributed by atoms with E-state index in [2.05, 4.69) is 22.6 Å². The van der Waals surface area contributed by atoms with E-state index in [4.69, 9.17) is 0 Å². The minimum atomic E-state index is -6.12. The van der Waals surface area contributed by atoms with Gasteiger partial charge in [-0.1, -0.05) is 31.4 Å². The van der Waals surface area contributed by atoms with Crippen LogP contribution in [0.15, 0.2) is 49.6 Å². The molecule has 0 radical (unpaired) electrons. The molecule has 0 aliphatic heterocycles. The van der Waals surface area contributed by atoms with Gasteiger partial charge in [-0.2, -0.15) is 26.3 Å². The molecule has 136 valence electrons. The summed E-state index contributed by atoms with van der Waals surface area (Å²) in [5.74, 6) is -4.38. The number of carbonyl (C=O) groups is 2. The van der Waals surface area contributed by atoms with Gasteiger partial charge in [0.15, 0.2) is 0 Å². The van der Waals surface area contributed by atoms with Gasteiger partial charge >= 0.3 is 29.9 Å². The summed E-state index contributed by atoms with van der Waals surface area (Å²) in [6, 6.07) is 2.92. The molecular weight excluding hydrogens is 358 g/mol. The Kier molecular flexibility index (Phi) is 5.67. The predicted molar refractivity (Wildman–Crippen MR) is 72.4 cm³/mol. The minimum absolute atomic E-state index is 0.143. The summed E-state index contributed by atoms with van der Waals surface area (Å²) in [5.41, 5.74) is -6.69. The molecule has 1 rings (SSSR count). The number of carbonyl (C=O) groups excluding carboxylic acids is 2. The van der Waals surface area contributed by atoms with Crippen LogP contribution in [-0.4, -0.2) is 24.3 Å². The zero-order chi connectivity index (χ0) is 19.5. The highest BCUT2D eigenvalue weighted by atomic mass is 19.4. The Morgan fingerprint density at radius 1 is 0.880 bits per heavy atom. The number of halogens is 6. The summed E-state index contributed by atoms with van der Waals surface area (Å²) in [6.45, 7) is 5.77. The van der Waals surface area contributed by atoms with E-state index in [-0.39, 0.29) is 6.08 Å². The van der Waals surface area contributed by atoms with Crippen molar-refractivity contribution in [1.82, 2.24) is 0 Å². The first kappa shape index (κ1) is 20.3. The highest BCUT2D eigenvalue weighted by Crippen LogP contribution is 2.55. The van der Waals surface area contributed by atoms with Crippen LogP contribution >= 0.6 is 0 Å². The number of para-hydroxylation sites is 1. The zero-order valence-corrected chi connectivity index (χ0v) is 12.3. The maximum atomic E-state index is 13.5. The monoisotopic (exact) mass is 368 g/mol. The van der Waals surface area contributed by atoms with Crippen LogP contribution in [0, 0.1) is 0 Å². The lowest BCUT2D eigenvalue weighted by Gasteiger charge is -2.37. The number of hydrogen-bond donors (Lipinski definition) is 0. The van der Waals surface area contributed by atoms with E-state index in [0.29, 0.717) is 18.2 Å². The second kappa shape index (κ2) is 6.99. The third-order valence-corrected chi connectivity index (χ3v) is 2.86. The standard InChI is InChI=1S/C15H10F6O4/c1-3-11(22)24-10-8-6-5-7-9(10)13(14(16,17)18,15(19,20)21)25-12(23)4-2/h3-8H,1-2H2. The molecule has 0 N–H and O–H groups in total. The van der Waals surface area contributed by atoms with Gasteiger partial charge in [0.25, 0.3) is 0 Å². The van der Waals surface area contributed by atoms with Gasteiger partial charge in [-0.25, -0.2) is 9.59 Å². The molecule has 0 unspecified atom stereocenters. The Morgan fingerprint density at radius 3 is 1.80 bits per heavy atom. The van der Waals surface area contributed by atoms with Crippen molar-refractivity contribution in [2.24, 2.45) is 0 Å². The summed E-state index contributed by atoms with van der Waals surface area (Å²) in [6.07, 6.45) is -11.6. The highest BCUT2D eigenvalue weighted by molar-refractivity contribution is 5.84. The fourth-order valence-corrected chi connectivity index (χ4v) is 1.83. The maximum absolute atomic E-state index is 13.5. The summed E-state index contributed by atoms with van der Waals surface area (Å²) in [5, 5.41) is 0. The molecule has 25 heavy (non-hydrogen) atoms. The summed E-state index contributed by atoms with van der Waals surface area (Å²) < 4.78 is 88.9. The smallest absolute Gasteiger partial charge is 0.431 e. The number of ether oxygens (including phenoxy) is 2. The normalized spacial score (nSPS) is 12.2. The predicted octanol–water partition coefficient (Wildman–Crippen LogP) is 3.83. The third-order valence-electron chi connectivity index (χ3n) is 2.86. The molecular formula is C15H10F6O4. The molecule has 0 aliphatic rings. The van der Waals surface area contributed by atoms with Crippen LogP contribution < -0.4 is 4.74 Å². The molecule has 0 spiro atoms. The van der Waals surface area contributed by atoms with E-state index in [1.165, 1.54) is 0 Å². The van der Waals surface area contributed by atoms with Gasteiger partial charge in [0.2, 0.25) is 0 Å². The van der Waals surface area contributed by atoms with E-state index in [0.717, 1.165) is 12.1 Å². The molecule has 0 aliphatic carbocycles. The first-order chi connectivity index (χ1) is 11.4. The van der Waals surface area contributed by atoms with Gasteiger partial charge in [-0.15, -0.1) is 0 Å². The molecule has 1 aromatic carbocycles. The second-order valence-corrected chi connectivity index (χ2v) is 4.42. The van der Waals surface area contributed by atoms with E-state index >= 15 is 0 Å². The number of hydrogen-bond acceptors (Lipinski definition) is 4. The third kappa shape index (κ3) is 3.83. The Hall–Kier alpha value is -2.78. The van der Waals surface area contributed by atoms with Crippen molar-refractivity contribution in [2.75, 3.05) is 0 Å². The molecule has 0 amide bonds. The Balaban J connectivity index is 3.79. The average Bonchev–Trinajstić information content (AvgIpc) is 2.50. The molecule has 10 heteroatoms. The summed E-state index contributed by atoms with van der Waals surface area (Å²) >= 11 is 0. The van der Waals surface area contributed by atoms with Crippen molar-refractivity contribution in [3.05, 3.63) is 55.1 Å². The van der Waals surface area contributed by atoms with Crippen LogP contribution in [0.1, 0.15) is 5.56 Å². The van der Waals surface area contributed by atoms with E-state index < -0.39 is 41.2 Å². The van der Waals surface area contributed by atoms with Crippen LogP contribution in [0.4, 0.5) is 26.3 Å². The lowest BCUT2D eigenvalue weighted by atomic mass is 9.90. The van der Waals surface area contributed by atoms with E-state index in [1.807, 2.05) is 0 Å². The number of esters is 2. The first-order valence-corrected chi connectivity index (χ1v) is 6.33. The van der Waals surface area contributed by atoms with Crippen molar-refractivity contribution in [3.63, 3.8) is 0 Å². The molecule has 0 aromatic heterocycles. The largest absolute Gasteiger partial charge is 0.442 e. The van der Waals surface area contributed by atoms with Crippen molar-refractivity contribution >= 4 is 11.9 Å². The van der Waals surface area contributed by atoms with Crippen LogP contribution in [0.3, 0.4) is 0 Å². The van der Waals surface area contributed by atoms with Crippen LogP contribution in [0.2, 0.25) is 0 Å². The number of rotatable bonds is 5. The van der Waals surface area contributed by atoms with Gasteiger partial charge in [0, 0.05) is 12.2 Å². The van der Waals surface area contributed by atoms with E-state index in [9.17, 15) is 35.9 Å². The minimum Gasteiger partial charge on any atom is -0.431 e. The van der Waals surface area contributed by atoms with Gasteiger partial charge < -0.3 is 9.47 Å². The molecule has 0 fully saturated rings. The average molecular weight is 368 g/mol. The van der Waals surface area contributed by atoms with Crippen LogP contribution in [0.5, 0.6) is 5.75 Å². The molecule has 0 bridgehead atoms. The van der Waals surface area contributed by atoms with Crippen LogP contribution in [-0.2, 0) is 19.9 Å². The maximum Gasteiger partial charge on any atom is 0.442 e. The quantitative estimate of drug-likeness (QED) is 0.343. The lowest BCUT2D eigenvalue weighted by molar-refractivity contribution is -0.376. The summed E-state index contributed by atoms with van der Waals surface area (Å²) in [7, 11) is 0. The highest BCUT2D eigenvalue weighted by Gasteiger charge is 2.76. The topological polar surface area (TPSA) is 52.6 Å². The molecule has 0 atom stereocenters. The SMILES string of the molecule is C=CC(=O)Oc1ccccc1C(OC(=O)C=C)(C(F)(F)F)C(F)(F)F. The van der Waals surface area contributed by atoms with Crippen molar-refractivity contribution < 1.29 is 45.4 Å². The molecule has 1 aromatic rings. The fraction of sp³-hybridized carbons (Fsp3) is 0.200.